The standard InChI is InChI=1S/C24H32BrN4O6P/c1-4-15-29-23(31)21(27-20(30)14-11-18-9-12-19(25)13-10-18)22(26)28(24(29)32)16-7-8-17-36(33,34-5-2)35-6-3/h1,9-10,12-13H,5-8,11,14-17,26H2,2-3H3,(H,27,30). The molecule has 2 aromatic rings. The van der Waals surface area contributed by atoms with Crippen LogP contribution in [0.4, 0.5) is 11.5 Å². The van der Waals surface area contributed by atoms with Gasteiger partial charge in [-0.3, -0.25) is 18.7 Å². The van der Waals surface area contributed by atoms with Gasteiger partial charge in [0.05, 0.1) is 25.9 Å². The molecule has 3 N–H and O–H groups in total. The Morgan fingerprint density at radius 3 is 2.36 bits per heavy atom. The van der Waals surface area contributed by atoms with Crippen LogP contribution in [0.25, 0.3) is 0 Å². The summed E-state index contributed by atoms with van der Waals surface area (Å²) in [5.74, 6) is 1.70. The van der Waals surface area contributed by atoms with Crippen molar-refractivity contribution in [3.05, 3.63) is 55.1 Å². The number of aromatic nitrogens is 2. The number of anilines is 2. The van der Waals surface area contributed by atoms with Gasteiger partial charge in [-0.15, -0.1) is 6.42 Å². The average molecular weight is 583 g/mol. The summed E-state index contributed by atoms with van der Waals surface area (Å²) in [5.41, 5.74) is 5.47. The summed E-state index contributed by atoms with van der Waals surface area (Å²) in [6.45, 7) is 3.82. The summed E-state index contributed by atoms with van der Waals surface area (Å²) in [7, 11) is -3.22. The zero-order valence-electron chi connectivity index (χ0n) is 20.5. The van der Waals surface area contributed by atoms with Crippen LogP contribution in [-0.2, 0) is 37.9 Å². The molecule has 0 radical (unpaired) electrons. The number of nitrogen functional groups attached to an aromatic ring is 1. The molecule has 0 saturated carbocycles. The molecule has 196 valence electrons. The minimum absolute atomic E-state index is 0.110. The second-order valence-corrected chi connectivity index (χ2v) is 10.9. The number of carbonyl (C=O) groups is 1. The lowest BCUT2D eigenvalue weighted by atomic mass is 10.1. The topological polar surface area (TPSA) is 135 Å². The number of terminal acetylenes is 1. The Bertz CT molecular complexity index is 1240. The van der Waals surface area contributed by atoms with Gasteiger partial charge < -0.3 is 20.1 Å². The van der Waals surface area contributed by atoms with Crippen LogP contribution >= 0.6 is 23.5 Å². The molecule has 36 heavy (non-hydrogen) atoms. The summed E-state index contributed by atoms with van der Waals surface area (Å²) in [6, 6.07) is 7.53. The maximum Gasteiger partial charge on any atom is 0.333 e. The highest BCUT2D eigenvalue weighted by atomic mass is 79.9. The van der Waals surface area contributed by atoms with Crippen LogP contribution in [0.5, 0.6) is 0 Å². The molecule has 1 aromatic carbocycles. The first-order chi connectivity index (χ1) is 17.2. The van der Waals surface area contributed by atoms with Crippen molar-refractivity contribution in [2.75, 3.05) is 30.4 Å². The zero-order valence-corrected chi connectivity index (χ0v) is 23.0. The predicted molar refractivity (Wildman–Crippen MR) is 144 cm³/mol. The minimum atomic E-state index is -3.22. The molecule has 0 unspecified atom stereocenters. The number of hydrogen-bond acceptors (Lipinski definition) is 7. The van der Waals surface area contributed by atoms with E-state index in [1.807, 2.05) is 24.3 Å². The number of benzene rings is 1. The SMILES string of the molecule is C#CCn1c(=O)c(NC(=O)CCc2ccc(Br)cc2)c(N)n(CCCCP(=O)(OCC)OCC)c1=O. The van der Waals surface area contributed by atoms with E-state index in [0.29, 0.717) is 19.3 Å². The Morgan fingerprint density at radius 1 is 1.14 bits per heavy atom. The summed E-state index contributed by atoms with van der Waals surface area (Å²) >= 11 is 3.37. The molecule has 0 aliphatic carbocycles. The van der Waals surface area contributed by atoms with Gasteiger partial charge in [-0.05, 0) is 50.8 Å². The first-order valence-corrected chi connectivity index (χ1v) is 14.2. The van der Waals surface area contributed by atoms with Crippen LogP contribution in [0.2, 0.25) is 0 Å². The van der Waals surface area contributed by atoms with E-state index in [9.17, 15) is 18.9 Å². The number of carbonyl (C=O) groups excluding carboxylic acids is 1. The summed E-state index contributed by atoms with van der Waals surface area (Å²) < 4.78 is 26.2. The van der Waals surface area contributed by atoms with Gasteiger partial charge >= 0.3 is 13.3 Å². The molecular weight excluding hydrogens is 551 g/mol. The van der Waals surface area contributed by atoms with Crippen molar-refractivity contribution in [3.8, 4) is 12.3 Å². The maximum absolute atomic E-state index is 12.9. The number of rotatable bonds is 14. The summed E-state index contributed by atoms with van der Waals surface area (Å²) in [6.07, 6.45) is 6.91. The van der Waals surface area contributed by atoms with Crippen LogP contribution in [0.3, 0.4) is 0 Å². The third kappa shape index (κ3) is 8.20. The van der Waals surface area contributed by atoms with E-state index < -0.39 is 24.8 Å². The number of halogens is 1. The van der Waals surface area contributed by atoms with Gasteiger partial charge in [-0.1, -0.05) is 34.0 Å². The Labute approximate surface area is 218 Å². The number of amides is 1. The highest BCUT2D eigenvalue weighted by molar-refractivity contribution is 9.10. The molecule has 0 saturated heterocycles. The van der Waals surface area contributed by atoms with Crippen LogP contribution in [0, 0.1) is 12.3 Å². The van der Waals surface area contributed by atoms with Gasteiger partial charge in [-0.2, -0.15) is 0 Å². The highest BCUT2D eigenvalue weighted by Gasteiger charge is 2.23. The van der Waals surface area contributed by atoms with Gasteiger partial charge in [0.15, 0.2) is 0 Å². The number of nitrogens with two attached hydrogens (primary N) is 1. The molecule has 1 heterocycles. The molecule has 0 bridgehead atoms. The molecule has 12 heteroatoms. The van der Waals surface area contributed by atoms with E-state index in [4.69, 9.17) is 21.2 Å². The Kier molecular flexibility index (Phi) is 11.7. The smallest absolute Gasteiger partial charge is 0.333 e. The fraction of sp³-hybridized carbons (Fsp3) is 0.458. The quantitative estimate of drug-likeness (QED) is 0.197. The number of nitrogens with one attached hydrogen (secondary N) is 1. The zero-order chi connectivity index (χ0) is 26.7. The van der Waals surface area contributed by atoms with E-state index in [0.717, 1.165) is 14.6 Å². The predicted octanol–water partition coefficient (Wildman–Crippen LogP) is 3.61. The Hall–Kier alpha value is -2.64. The molecule has 1 amide bonds. The molecule has 0 fully saturated rings. The molecule has 0 aliphatic heterocycles. The van der Waals surface area contributed by atoms with Crippen molar-refractivity contribution in [3.63, 3.8) is 0 Å². The van der Waals surface area contributed by atoms with Crippen molar-refractivity contribution in [1.82, 2.24) is 9.13 Å². The number of unbranched alkanes of at least 4 members (excludes halogenated alkanes) is 1. The number of aryl methyl sites for hydroxylation is 1. The fourth-order valence-corrected chi connectivity index (χ4v) is 5.52. The normalized spacial score (nSPS) is 11.3. The van der Waals surface area contributed by atoms with E-state index in [-0.39, 0.29) is 50.4 Å². The lowest BCUT2D eigenvalue weighted by Gasteiger charge is -2.18. The molecule has 0 aliphatic rings. The summed E-state index contributed by atoms with van der Waals surface area (Å²) in [5, 5.41) is 2.56. The second kappa shape index (κ2) is 14.2. The van der Waals surface area contributed by atoms with Crippen molar-refractivity contribution < 1.29 is 18.4 Å². The molecule has 10 nitrogen and oxygen atoms in total. The third-order valence-electron chi connectivity index (χ3n) is 5.25. The highest BCUT2D eigenvalue weighted by Crippen LogP contribution is 2.48. The molecule has 0 spiro atoms. The lowest BCUT2D eigenvalue weighted by Crippen LogP contribution is -2.42. The van der Waals surface area contributed by atoms with E-state index in [1.54, 1.807) is 13.8 Å². The van der Waals surface area contributed by atoms with Crippen LogP contribution < -0.4 is 22.3 Å². The molecule has 0 atom stereocenters. The monoisotopic (exact) mass is 582 g/mol. The van der Waals surface area contributed by atoms with Gasteiger partial charge in [-0.25, -0.2) is 9.36 Å². The fourth-order valence-electron chi connectivity index (χ4n) is 3.53. The van der Waals surface area contributed by atoms with Gasteiger partial charge in [0.2, 0.25) is 5.91 Å². The molecule has 2 rings (SSSR count). The van der Waals surface area contributed by atoms with Gasteiger partial charge in [0.25, 0.3) is 5.56 Å². The molecule has 1 aromatic heterocycles. The second-order valence-electron chi connectivity index (χ2n) is 7.84. The Morgan fingerprint density at radius 2 is 1.78 bits per heavy atom. The van der Waals surface area contributed by atoms with E-state index in [1.165, 1.54) is 4.57 Å². The first kappa shape index (κ1) is 29.6. The van der Waals surface area contributed by atoms with Crippen molar-refractivity contribution in [2.24, 2.45) is 0 Å². The number of hydrogen-bond donors (Lipinski definition) is 2. The third-order valence-corrected chi connectivity index (χ3v) is 7.95. The van der Waals surface area contributed by atoms with Gasteiger partial charge in [0.1, 0.15) is 11.5 Å². The Balaban J connectivity index is 2.19. The van der Waals surface area contributed by atoms with Crippen molar-refractivity contribution >= 4 is 40.9 Å². The maximum atomic E-state index is 12.9. The first-order valence-electron chi connectivity index (χ1n) is 11.6. The summed E-state index contributed by atoms with van der Waals surface area (Å²) in [4.78, 5) is 38.4. The van der Waals surface area contributed by atoms with E-state index in [2.05, 4.69) is 27.2 Å². The molecular formula is C24H32BrN4O6P. The van der Waals surface area contributed by atoms with Crippen molar-refractivity contribution in [2.45, 2.75) is 52.6 Å². The van der Waals surface area contributed by atoms with Crippen LogP contribution in [0.15, 0.2) is 38.3 Å². The lowest BCUT2D eigenvalue weighted by molar-refractivity contribution is -0.116. The largest absolute Gasteiger partial charge is 0.383 e. The van der Waals surface area contributed by atoms with Crippen LogP contribution in [0.1, 0.15) is 38.7 Å². The van der Waals surface area contributed by atoms with E-state index >= 15 is 0 Å². The average Bonchev–Trinajstić information content (AvgIpc) is 2.84. The van der Waals surface area contributed by atoms with Crippen molar-refractivity contribution in [1.29, 1.82) is 0 Å². The van der Waals surface area contributed by atoms with Gasteiger partial charge in [0, 0.05) is 17.4 Å². The minimum Gasteiger partial charge on any atom is -0.383 e. The van der Waals surface area contributed by atoms with Crippen LogP contribution in [-0.4, -0.2) is 34.4 Å². The number of nitrogens with zero attached hydrogens (tertiary/aromatic N) is 2.